The summed E-state index contributed by atoms with van der Waals surface area (Å²) in [5.74, 6) is -1.22. The lowest BCUT2D eigenvalue weighted by atomic mass is 10.00. The van der Waals surface area contributed by atoms with Gasteiger partial charge in [-0.1, -0.05) is 6.92 Å². The number of carbonyl (C=O) groups excluding carboxylic acids is 2. The predicted molar refractivity (Wildman–Crippen MR) is 53.3 cm³/mol. The second-order valence-corrected chi connectivity index (χ2v) is 3.40. The van der Waals surface area contributed by atoms with Gasteiger partial charge in [0.15, 0.2) is 13.2 Å². The van der Waals surface area contributed by atoms with Gasteiger partial charge in [-0.05, 0) is 0 Å². The van der Waals surface area contributed by atoms with E-state index in [9.17, 15) is 19.7 Å². The molecule has 0 radical (unpaired) electrons. The van der Waals surface area contributed by atoms with E-state index in [2.05, 4.69) is 9.47 Å². The minimum absolute atomic E-state index is 0.0978. The van der Waals surface area contributed by atoms with Gasteiger partial charge in [-0.3, -0.25) is 19.7 Å². The number of nitro groups is 1. The van der Waals surface area contributed by atoms with Crippen molar-refractivity contribution in [2.24, 2.45) is 0 Å². The van der Waals surface area contributed by atoms with Crippen LogP contribution in [-0.4, -0.2) is 35.6 Å². The number of rotatable bonds is 6. The third kappa shape index (κ3) is 4.24. The fourth-order valence-electron chi connectivity index (χ4n) is 0.952. The van der Waals surface area contributed by atoms with Crippen LogP contribution in [0.4, 0.5) is 0 Å². The normalized spacial score (nSPS) is 10.7. The van der Waals surface area contributed by atoms with Crippen LogP contribution < -0.4 is 0 Å². The van der Waals surface area contributed by atoms with Gasteiger partial charge in [-0.15, -0.1) is 0 Å². The topological polar surface area (TPSA) is 95.7 Å². The molecule has 0 amide bonds. The summed E-state index contributed by atoms with van der Waals surface area (Å²) in [6, 6.07) is 0. The standard InChI is InChI=1S/C9H15NO6/c1-4-9(10(13)14,5-15-7(2)11)6-16-8(3)12/h4-6H2,1-3H3. The first kappa shape index (κ1) is 14.3. The van der Waals surface area contributed by atoms with Crippen LogP contribution in [-0.2, 0) is 19.1 Å². The Hall–Kier alpha value is -1.66. The average Bonchev–Trinajstić information content (AvgIpc) is 2.17. The first-order valence-corrected chi connectivity index (χ1v) is 4.75. The number of hydrogen-bond acceptors (Lipinski definition) is 6. The Morgan fingerprint density at radius 3 is 1.75 bits per heavy atom. The largest absolute Gasteiger partial charge is 0.458 e. The second-order valence-electron chi connectivity index (χ2n) is 3.40. The minimum Gasteiger partial charge on any atom is -0.458 e. The molecular formula is C9H15NO6. The van der Waals surface area contributed by atoms with Crippen molar-refractivity contribution in [2.45, 2.75) is 32.7 Å². The molecular weight excluding hydrogens is 218 g/mol. The van der Waals surface area contributed by atoms with Gasteiger partial charge in [0.25, 0.3) is 5.54 Å². The van der Waals surface area contributed by atoms with Crippen molar-refractivity contribution >= 4 is 11.9 Å². The Morgan fingerprint density at radius 2 is 1.56 bits per heavy atom. The van der Waals surface area contributed by atoms with E-state index in [1.807, 2.05) is 0 Å². The lowest BCUT2D eigenvalue weighted by molar-refractivity contribution is -0.577. The minimum atomic E-state index is -1.56. The lowest BCUT2D eigenvalue weighted by Crippen LogP contribution is -2.47. The highest BCUT2D eigenvalue weighted by molar-refractivity contribution is 5.66. The zero-order valence-corrected chi connectivity index (χ0v) is 9.52. The Kier molecular flexibility index (Phi) is 5.41. The van der Waals surface area contributed by atoms with Crippen LogP contribution in [0.1, 0.15) is 27.2 Å². The van der Waals surface area contributed by atoms with Crippen molar-refractivity contribution in [2.75, 3.05) is 13.2 Å². The maximum atomic E-state index is 10.9. The molecule has 0 atom stereocenters. The summed E-state index contributed by atoms with van der Waals surface area (Å²) in [5, 5.41) is 10.9. The molecule has 0 heterocycles. The predicted octanol–water partition coefficient (Wildman–Crippen LogP) is 0.538. The lowest BCUT2D eigenvalue weighted by Gasteiger charge is -2.22. The number of nitrogens with zero attached hydrogens (tertiary/aromatic N) is 1. The maximum Gasteiger partial charge on any atom is 0.302 e. The first-order valence-electron chi connectivity index (χ1n) is 4.75. The van der Waals surface area contributed by atoms with Crippen LogP contribution in [0.2, 0.25) is 0 Å². The summed E-state index contributed by atoms with van der Waals surface area (Å²) < 4.78 is 9.24. The molecule has 0 aliphatic heterocycles. The summed E-state index contributed by atoms with van der Waals surface area (Å²) in [4.78, 5) is 31.5. The van der Waals surface area contributed by atoms with Gasteiger partial charge in [0.1, 0.15) is 0 Å². The fraction of sp³-hybridized carbons (Fsp3) is 0.778. The van der Waals surface area contributed by atoms with Gasteiger partial charge in [0, 0.05) is 25.2 Å². The monoisotopic (exact) mass is 233 g/mol. The van der Waals surface area contributed by atoms with Crippen molar-refractivity contribution in [1.82, 2.24) is 0 Å². The van der Waals surface area contributed by atoms with Crippen LogP contribution in [0.25, 0.3) is 0 Å². The zero-order chi connectivity index (χ0) is 12.8. The summed E-state index contributed by atoms with van der Waals surface area (Å²) in [7, 11) is 0. The molecule has 92 valence electrons. The van der Waals surface area contributed by atoms with Gasteiger partial charge in [-0.25, -0.2) is 0 Å². The van der Waals surface area contributed by atoms with E-state index in [0.29, 0.717) is 0 Å². The molecule has 0 saturated carbocycles. The molecule has 16 heavy (non-hydrogen) atoms. The quantitative estimate of drug-likeness (QED) is 0.377. The Labute approximate surface area is 92.9 Å². The van der Waals surface area contributed by atoms with Crippen LogP contribution in [0.5, 0.6) is 0 Å². The Balaban J connectivity index is 4.64. The molecule has 7 nitrogen and oxygen atoms in total. The van der Waals surface area contributed by atoms with Crippen LogP contribution in [0.3, 0.4) is 0 Å². The Morgan fingerprint density at radius 1 is 1.19 bits per heavy atom. The van der Waals surface area contributed by atoms with Crippen molar-refractivity contribution in [3.63, 3.8) is 0 Å². The number of carbonyl (C=O) groups is 2. The molecule has 0 rings (SSSR count). The van der Waals surface area contributed by atoms with Gasteiger partial charge in [-0.2, -0.15) is 0 Å². The van der Waals surface area contributed by atoms with Crippen molar-refractivity contribution in [3.05, 3.63) is 10.1 Å². The number of ether oxygens (including phenoxy) is 2. The highest BCUT2D eigenvalue weighted by Crippen LogP contribution is 2.16. The fourth-order valence-corrected chi connectivity index (χ4v) is 0.952. The third-order valence-corrected chi connectivity index (χ3v) is 2.13. The molecule has 0 N–H and O–H groups in total. The molecule has 0 aromatic rings. The SMILES string of the molecule is CCC(COC(C)=O)(COC(C)=O)[N+](=O)[O-]. The van der Waals surface area contributed by atoms with E-state index >= 15 is 0 Å². The molecule has 0 aliphatic rings. The van der Waals surface area contributed by atoms with Gasteiger partial charge in [0.05, 0.1) is 0 Å². The third-order valence-electron chi connectivity index (χ3n) is 2.13. The first-order chi connectivity index (χ1) is 7.34. The van der Waals surface area contributed by atoms with E-state index in [1.54, 1.807) is 6.92 Å². The van der Waals surface area contributed by atoms with Gasteiger partial charge in [0.2, 0.25) is 0 Å². The highest BCUT2D eigenvalue weighted by Gasteiger charge is 2.44. The zero-order valence-electron chi connectivity index (χ0n) is 9.52. The van der Waals surface area contributed by atoms with Crippen molar-refractivity contribution < 1.29 is 24.0 Å². The molecule has 0 aromatic heterocycles. The number of esters is 2. The van der Waals surface area contributed by atoms with Crippen LogP contribution in [0.15, 0.2) is 0 Å². The molecule has 0 aromatic carbocycles. The average molecular weight is 233 g/mol. The van der Waals surface area contributed by atoms with Crippen molar-refractivity contribution in [1.29, 1.82) is 0 Å². The molecule has 0 fully saturated rings. The van der Waals surface area contributed by atoms with E-state index < -0.39 is 35.6 Å². The molecule has 0 unspecified atom stereocenters. The summed E-state index contributed by atoms with van der Waals surface area (Å²) in [6.45, 7) is 3.08. The van der Waals surface area contributed by atoms with Gasteiger partial charge < -0.3 is 9.47 Å². The van der Waals surface area contributed by atoms with Crippen LogP contribution >= 0.6 is 0 Å². The van der Waals surface area contributed by atoms with E-state index in [4.69, 9.17) is 0 Å². The second kappa shape index (κ2) is 6.04. The molecule has 0 saturated heterocycles. The van der Waals surface area contributed by atoms with Crippen molar-refractivity contribution in [3.8, 4) is 0 Å². The summed E-state index contributed by atoms with van der Waals surface area (Å²) in [6.07, 6.45) is 0.0978. The number of hydrogen-bond donors (Lipinski definition) is 0. The Bertz CT molecular complexity index is 270. The molecule has 0 aliphatic carbocycles. The van der Waals surface area contributed by atoms with E-state index in [1.165, 1.54) is 0 Å². The molecule has 0 spiro atoms. The molecule has 7 heteroatoms. The summed E-state index contributed by atoms with van der Waals surface area (Å²) >= 11 is 0. The smallest absolute Gasteiger partial charge is 0.302 e. The molecule has 0 bridgehead atoms. The maximum absolute atomic E-state index is 10.9. The van der Waals surface area contributed by atoms with E-state index in [-0.39, 0.29) is 6.42 Å². The summed E-state index contributed by atoms with van der Waals surface area (Å²) in [5.41, 5.74) is -1.56. The van der Waals surface area contributed by atoms with Gasteiger partial charge >= 0.3 is 11.9 Å². The highest BCUT2D eigenvalue weighted by atomic mass is 16.6. The van der Waals surface area contributed by atoms with E-state index in [0.717, 1.165) is 13.8 Å². The van der Waals surface area contributed by atoms with Crippen LogP contribution in [0, 0.1) is 10.1 Å².